The Bertz CT molecular complexity index is 479. The van der Waals surface area contributed by atoms with Crippen LogP contribution in [0.25, 0.3) is 11.2 Å². The number of pyridine rings is 1. The third-order valence-electron chi connectivity index (χ3n) is 2.35. The fourth-order valence-electron chi connectivity index (χ4n) is 1.48. The van der Waals surface area contributed by atoms with Gasteiger partial charge in [0.2, 0.25) is 5.88 Å². The summed E-state index contributed by atoms with van der Waals surface area (Å²) in [5, 5.41) is 0. The van der Waals surface area contributed by atoms with E-state index in [0.29, 0.717) is 23.9 Å². The van der Waals surface area contributed by atoms with Gasteiger partial charge in [-0.25, -0.2) is 4.98 Å². The van der Waals surface area contributed by atoms with Crippen molar-refractivity contribution in [3.05, 3.63) is 18.0 Å². The highest BCUT2D eigenvalue weighted by atomic mass is 16.5. The first-order valence-electron chi connectivity index (χ1n) is 4.92. The first kappa shape index (κ1) is 10.8. The van der Waals surface area contributed by atoms with E-state index in [2.05, 4.69) is 15.0 Å². The van der Waals surface area contributed by atoms with Crippen LogP contribution in [0.1, 0.15) is 11.9 Å². The second-order valence-corrected chi connectivity index (χ2v) is 3.31. The van der Waals surface area contributed by atoms with Crippen molar-refractivity contribution < 1.29 is 9.47 Å². The fourth-order valence-corrected chi connectivity index (χ4v) is 1.48. The van der Waals surface area contributed by atoms with Crippen LogP contribution in [-0.2, 0) is 4.74 Å². The van der Waals surface area contributed by atoms with Gasteiger partial charge < -0.3 is 20.2 Å². The summed E-state index contributed by atoms with van der Waals surface area (Å²) in [7, 11) is 3.16. The summed E-state index contributed by atoms with van der Waals surface area (Å²) < 4.78 is 10.2. The molecule has 0 saturated carbocycles. The van der Waals surface area contributed by atoms with Crippen LogP contribution in [0, 0.1) is 0 Å². The Morgan fingerprint density at radius 2 is 2.19 bits per heavy atom. The number of H-pyrrole nitrogens is 1. The number of hydrogen-bond acceptors (Lipinski definition) is 5. The van der Waals surface area contributed by atoms with Crippen LogP contribution in [-0.4, -0.2) is 35.7 Å². The Hall–Kier alpha value is -1.66. The molecule has 1 unspecified atom stereocenters. The molecule has 2 heterocycles. The Kier molecular flexibility index (Phi) is 3.02. The molecule has 0 aliphatic carbocycles. The number of rotatable bonds is 4. The number of ether oxygens (including phenoxy) is 2. The van der Waals surface area contributed by atoms with Gasteiger partial charge in [0.05, 0.1) is 12.6 Å². The van der Waals surface area contributed by atoms with Crippen molar-refractivity contribution in [2.24, 2.45) is 5.73 Å². The second kappa shape index (κ2) is 4.46. The van der Waals surface area contributed by atoms with Gasteiger partial charge in [0.1, 0.15) is 11.9 Å². The van der Waals surface area contributed by atoms with Crippen LogP contribution in [0.15, 0.2) is 12.1 Å². The molecule has 0 aliphatic rings. The average Bonchev–Trinajstić information content (AvgIpc) is 2.72. The molecule has 0 spiro atoms. The summed E-state index contributed by atoms with van der Waals surface area (Å²) in [6.07, 6.45) is -0.236. The van der Waals surface area contributed by atoms with Crippen LogP contribution in [0.4, 0.5) is 0 Å². The molecule has 0 saturated heterocycles. The molecule has 6 nitrogen and oxygen atoms in total. The Labute approximate surface area is 92.8 Å². The highest BCUT2D eigenvalue weighted by Gasteiger charge is 2.14. The zero-order valence-electron chi connectivity index (χ0n) is 9.23. The van der Waals surface area contributed by atoms with Crippen molar-refractivity contribution in [2.45, 2.75) is 6.10 Å². The van der Waals surface area contributed by atoms with Crippen molar-refractivity contribution in [2.75, 3.05) is 20.8 Å². The molecule has 2 aromatic heterocycles. The monoisotopic (exact) mass is 222 g/mol. The van der Waals surface area contributed by atoms with Crippen molar-refractivity contribution >= 4 is 11.2 Å². The number of imidazole rings is 1. The van der Waals surface area contributed by atoms with E-state index in [-0.39, 0.29) is 6.10 Å². The summed E-state index contributed by atoms with van der Waals surface area (Å²) in [6.45, 7) is 0.369. The molecule has 86 valence electrons. The summed E-state index contributed by atoms with van der Waals surface area (Å²) in [6, 6.07) is 3.63. The van der Waals surface area contributed by atoms with Crippen LogP contribution in [0.5, 0.6) is 5.88 Å². The minimum absolute atomic E-state index is 0.236. The molecule has 3 N–H and O–H groups in total. The number of methoxy groups -OCH3 is 2. The topological polar surface area (TPSA) is 86.0 Å². The molecular formula is C10H14N4O2. The highest BCUT2D eigenvalue weighted by molar-refractivity contribution is 5.71. The van der Waals surface area contributed by atoms with Gasteiger partial charge in [0.25, 0.3) is 0 Å². The van der Waals surface area contributed by atoms with E-state index < -0.39 is 0 Å². The van der Waals surface area contributed by atoms with Gasteiger partial charge in [-0.15, -0.1) is 0 Å². The van der Waals surface area contributed by atoms with E-state index in [0.717, 1.165) is 5.52 Å². The summed E-state index contributed by atoms with van der Waals surface area (Å²) >= 11 is 0. The molecular weight excluding hydrogens is 208 g/mol. The lowest BCUT2D eigenvalue weighted by atomic mass is 10.3. The average molecular weight is 222 g/mol. The molecule has 0 bridgehead atoms. The predicted molar refractivity (Wildman–Crippen MR) is 59.2 cm³/mol. The molecule has 16 heavy (non-hydrogen) atoms. The SMILES string of the molecule is COc1ccc2[nH]c(C(CN)OC)nc2n1. The van der Waals surface area contributed by atoms with E-state index in [1.807, 2.05) is 6.07 Å². The summed E-state index contributed by atoms with van der Waals surface area (Å²) in [5.74, 6) is 1.22. The van der Waals surface area contributed by atoms with Gasteiger partial charge in [-0.05, 0) is 6.07 Å². The van der Waals surface area contributed by atoms with E-state index in [4.69, 9.17) is 15.2 Å². The maximum absolute atomic E-state index is 5.56. The van der Waals surface area contributed by atoms with Crippen molar-refractivity contribution in [1.29, 1.82) is 0 Å². The molecule has 0 fully saturated rings. The number of hydrogen-bond donors (Lipinski definition) is 2. The number of aromatic amines is 1. The number of nitrogens with zero attached hydrogens (tertiary/aromatic N) is 2. The minimum atomic E-state index is -0.236. The molecule has 2 rings (SSSR count). The standard InChI is InChI=1S/C10H14N4O2/c1-15-7(5-11)10-12-6-3-4-8(16-2)13-9(6)14-10/h3-4,7H,5,11H2,1-2H3,(H,12,13,14). The smallest absolute Gasteiger partial charge is 0.215 e. The zero-order valence-corrected chi connectivity index (χ0v) is 9.23. The van der Waals surface area contributed by atoms with Gasteiger partial charge >= 0.3 is 0 Å². The number of nitrogens with two attached hydrogens (primary N) is 1. The van der Waals surface area contributed by atoms with Gasteiger partial charge in [-0.3, -0.25) is 0 Å². The lowest BCUT2D eigenvalue weighted by molar-refractivity contribution is 0.104. The molecule has 0 amide bonds. The van der Waals surface area contributed by atoms with Gasteiger partial charge in [0.15, 0.2) is 5.65 Å². The number of fused-ring (bicyclic) bond motifs is 1. The summed E-state index contributed by atoms with van der Waals surface area (Å²) in [5.41, 5.74) is 7.00. The molecule has 6 heteroatoms. The first-order chi connectivity index (χ1) is 7.78. The van der Waals surface area contributed by atoms with Crippen LogP contribution >= 0.6 is 0 Å². The molecule has 0 aromatic carbocycles. The van der Waals surface area contributed by atoms with E-state index in [1.54, 1.807) is 20.3 Å². The van der Waals surface area contributed by atoms with Gasteiger partial charge in [-0.2, -0.15) is 4.98 Å². The largest absolute Gasteiger partial charge is 0.481 e. The first-order valence-corrected chi connectivity index (χ1v) is 4.92. The normalized spacial score (nSPS) is 12.9. The highest BCUT2D eigenvalue weighted by Crippen LogP contribution is 2.18. The number of nitrogens with one attached hydrogen (secondary N) is 1. The lowest BCUT2D eigenvalue weighted by Crippen LogP contribution is -2.15. The maximum Gasteiger partial charge on any atom is 0.215 e. The third-order valence-corrected chi connectivity index (χ3v) is 2.35. The summed E-state index contributed by atoms with van der Waals surface area (Å²) in [4.78, 5) is 11.6. The quantitative estimate of drug-likeness (QED) is 0.791. The van der Waals surface area contributed by atoms with Crippen LogP contribution in [0.3, 0.4) is 0 Å². The van der Waals surface area contributed by atoms with E-state index in [9.17, 15) is 0 Å². The molecule has 2 aromatic rings. The van der Waals surface area contributed by atoms with Gasteiger partial charge in [0, 0.05) is 19.7 Å². The van der Waals surface area contributed by atoms with Crippen LogP contribution in [0.2, 0.25) is 0 Å². The zero-order chi connectivity index (χ0) is 11.5. The van der Waals surface area contributed by atoms with Gasteiger partial charge in [-0.1, -0.05) is 0 Å². The maximum atomic E-state index is 5.56. The van der Waals surface area contributed by atoms with Crippen molar-refractivity contribution in [3.8, 4) is 5.88 Å². The Balaban J connectivity index is 2.43. The van der Waals surface area contributed by atoms with E-state index in [1.165, 1.54) is 0 Å². The Morgan fingerprint density at radius 1 is 1.38 bits per heavy atom. The van der Waals surface area contributed by atoms with Crippen molar-refractivity contribution in [3.63, 3.8) is 0 Å². The Morgan fingerprint density at radius 3 is 2.81 bits per heavy atom. The minimum Gasteiger partial charge on any atom is -0.481 e. The third kappa shape index (κ3) is 1.84. The lowest BCUT2D eigenvalue weighted by Gasteiger charge is -2.08. The molecule has 0 radical (unpaired) electrons. The predicted octanol–water partition coefficient (Wildman–Crippen LogP) is 0.613. The molecule has 1 atom stereocenters. The second-order valence-electron chi connectivity index (χ2n) is 3.31. The van der Waals surface area contributed by atoms with Crippen molar-refractivity contribution in [1.82, 2.24) is 15.0 Å². The molecule has 0 aliphatic heterocycles. The van der Waals surface area contributed by atoms with E-state index >= 15 is 0 Å². The van der Waals surface area contributed by atoms with Crippen LogP contribution < -0.4 is 10.5 Å². The fraction of sp³-hybridized carbons (Fsp3) is 0.400. The number of aromatic nitrogens is 3.